The molecule has 7 heteroatoms. The zero-order valence-corrected chi connectivity index (χ0v) is 13.7. The summed E-state index contributed by atoms with van der Waals surface area (Å²) >= 11 is 3.42. The second-order valence-electron chi connectivity index (χ2n) is 5.03. The molecule has 6 nitrogen and oxygen atoms in total. The fourth-order valence-corrected chi connectivity index (χ4v) is 2.71. The van der Waals surface area contributed by atoms with Crippen molar-refractivity contribution in [2.75, 3.05) is 6.54 Å². The van der Waals surface area contributed by atoms with Gasteiger partial charge in [-0.15, -0.1) is 0 Å². The molecule has 0 radical (unpaired) electrons. The van der Waals surface area contributed by atoms with E-state index < -0.39 is 0 Å². The predicted octanol–water partition coefficient (Wildman–Crippen LogP) is 2.42. The summed E-state index contributed by atoms with van der Waals surface area (Å²) in [6.07, 6.45) is 8.14. The highest BCUT2D eigenvalue weighted by Crippen LogP contribution is 2.16. The molecule has 0 aliphatic rings. The number of amides is 1. The Labute approximate surface area is 136 Å². The Hall–Kier alpha value is -2.15. The van der Waals surface area contributed by atoms with Crippen molar-refractivity contribution in [3.8, 4) is 0 Å². The highest BCUT2D eigenvalue weighted by molar-refractivity contribution is 9.10. The molecular formula is C15H16BrN5O. The van der Waals surface area contributed by atoms with Gasteiger partial charge in [0.05, 0.1) is 12.0 Å². The van der Waals surface area contributed by atoms with E-state index in [1.54, 1.807) is 12.5 Å². The van der Waals surface area contributed by atoms with Crippen LogP contribution in [0, 0.1) is 6.92 Å². The van der Waals surface area contributed by atoms with E-state index in [9.17, 15) is 4.79 Å². The average Bonchev–Trinajstić information content (AvgIpc) is 3.10. The van der Waals surface area contributed by atoms with Gasteiger partial charge in [-0.2, -0.15) is 0 Å². The number of rotatable bonds is 5. The lowest BCUT2D eigenvalue weighted by molar-refractivity contribution is 0.0946. The van der Waals surface area contributed by atoms with Crippen molar-refractivity contribution in [2.45, 2.75) is 19.9 Å². The number of halogens is 1. The summed E-state index contributed by atoms with van der Waals surface area (Å²) in [4.78, 5) is 20.8. The standard InChI is InChI=1S/C15H16BrN5O/c1-11-14(21-9-12(16)3-4-13(21)19-11)15(22)18-5-2-7-20-8-6-17-10-20/h3-4,6,8-10H,2,5,7H2,1H3,(H,18,22). The molecule has 0 saturated carbocycles. The summed E-state index contributed by atoms with van der Waals surface area (Å²) in [5, 5.41) is 2.95. The topological polar surface area (TPSA) is 64.2 Å². The van der Waals surface area contributed by atoms with E-state index in [0.717, 1.165) is 28.8 Å². The molecule has 0 bridgehead atoms. The van der Waals surface area contributed by atoms with Gasteiger partial charge in [0, 0.05) is 36.2 Å². The lowest BCUT2D eigenvalue weighted by Gasteiger charge is -2.07. The maximum atomic E-state index is 12.4. The molecule has 0 aliphatic carbocycles. The minimum Gasteiger partial charge on any atom is -0.351 e. The molecule has 3 rings (SSSR count). The normalized spacial score (nSPS) is 11.0. The van der Waals surface area contributed by atoms with Crippen molar-refractivity contribution in [3.63, 3.8) is 0 Å². The summed E-state index contributed by atoms with van der Waals surface area (Å²) in [7, 11) is 0. The van der Waals surface area contributed by atoms with E-state index in [4.69, 9.17) is 0 Å². The zero-order chi connectivity index (χ0) is 15.5. The number of fused-ring (bicyclic) bond motifs is 1. The molecule has 1 N–H and O–H groups in total. The van der Waals surface area contributed by atoms with Crippen molar-refractivity contribution in [3.05, 3.63) is 52.9 Å². The summed E-state index contributed by atoms with van der Waals surface area (Å²) in [6.45, 7) is 3.29. The Balaban J connectivity index is 1.67. The zero-order valence-electron chi connectivity index (χ0n) is 12.2. The predicted molar refractivity (Wildman–Crippen MR) is 86.8 cm³/mol. The molecule has 3 aromatic rings. The second-order valence-corrected chi connectivity index (χ2v) is 5.95. The van der Waals surface area contributed by atoms with Gasteiger partial charge >= 0.3 is 0 Å². The first kappa shape index (κ1) is 14.8. The van der Waals surface area contributed by atoms with Gasteiger partial charge in [0.25, 0.3) is 5.91 Å². The fourth-order valence-electron chi connectivity index (χ4n) is 2.38. The smallest absolute Gasteiger partial charge is 0.270 e. The van der Waals surface area contributed by atoms with Crippen molar-refractivity contribution in [1.82, 2.24) is 24.3 Å². The quantitative estimate of drug-likeness (QED) is 0.709. The van der Waals surface area contributed by atoms with Crippen LogP contribution in [0.2, 0.25) is 0 Å². The highest BCUT2D eigenvalue weighted by Gasteiger charge is 2.16. The Morgan fingerprint density at radius 2 is 2.27 bits per heavy atom. The Morgan fingerprint density at radius 1 is 1.41 bits per heavy atom. The molecule has 1 amide bonds. The number of pyridine rings is 1. The minimum absolute atomic E-state index is 0.103. The third-order valence-electron chi connectivity index (χ3n) is 3.41. The van der Waals surface area contributed by atoms with Crippen molar-refractivity contribution < 1.29 is 4.79 Å². The molecule has 0 fully saturated rings. The van der Waals surface area contributed by atoms with Crippen LogP contribution in [0.25, 0.3) is 5.65 Å². The Kier molecular flexibility index (Phi) is 4.24. The van der Waals surface area contributed by atoms with Crippen LogP contribution in [0.4, 0.5) is 0 Å². The number of aryl methyl sites for hydroxylation is 2. The maximum Gasteiger partial charge on any atom is 0.270 e. The Bertz CT molecular complexity index is 794. The third-order valence-corrected chi connectivity index (χ3v) is 3.88. The largest absolute Gasteiger partial charge is 0.351 e. The molecule has 0 spiro atoms. The third kappa shape index (κ3) is 3.04. The van der Waals surface area contributed by atoms with Crippen molar-refractivity contribution in [2.24, 2.45) is 0 Å². The van der Waals surface area contributed by atoms with E-state index in [-0.39, 0.29) is 5.91 Å². The SMILES string of the molecule is Cc1nc2ccc(Br)cn2c1C(=O)NCCCn1ccnc1. The van der Waals surface area contributed by atoms with Crippen LogP contribution in [-0.4, -0.2) is 31.4 Å². The van der Waals surface area contributed by atoms with Gasteiger partial charge in [-0.1, -0.05) is 0 Å². The molecule has 114 valence electrons. The van der Waals surface area contributed by atoms with Gasteiger partial charge in [-0.05, 0) is 41.4 Å². The van der Waals surface area contributed by atoms with Gasteiger partial charge in [-0.25, -0.2) is 9.97 Å². The minimum atomic E-state index is -0.103. The number of carbonyl (C=O) groups excluding carboxylic acids is 1. The van der Waals surface area contributed by atoms with E-state index >= 15 is 0 Å². The number of imidazole rings is 2. The molecule has 0 atom stereocenters. The lowest BCUT2D eigenvalue weighted by Crippen LogP contribution is -2.27. The molecule has 0 saturated heterocycles. The van der Waals surface area contributed by atoms with E-state index in [1.165, 1.54) is 0 Å². The van der Waals surface area contributed by atoms with Gasteiger partial charge in [0.1, 0.15) is 11.3 Å². The van der Waals surface area contributed by atoms with E-state index in [1.807, 2.05) is 40.4 Å². The molecule has 3 heterocycles. The van der Waals surface area contributed by atoms with E-state index in [2.05, 4.69) is 31.2 Å². The molecule has 0 unspecified atom stereocenters. The first-order chi connectivity index (χ1) is 10.6. The molecule has 22 heavy (non-hydrogen) atoms. The number of hydrogen-bond acceptors (Lipinski definition) is 3. The average molecular weight is 362 g/mol. The van der Waals surface area contributed by atoms with Crippen molar-refractivity contribution in [1.29, 1.82) is 0 Å². The van der Waals surface area contributed by atoms with Crippen LogP contribution >= 0.6 is 15.9 Å². The fraction of sp³-hybridized carbons (Fsp3) is 0.267. The number of nitrogens with one attached hydrogen (secondary N) is 1. The van der Waals surface area contributed by atoms with Crippen molar-refractivity contribution >= 4 is 27.5 Å². The van der Waals surface area contributed by atoms with Crippen LogP contribution in [0.5, 0.6) is 0 Å². The monoisotopic (exact) mass is 361 g/mol. The summed E-state index contributed by atoms with van der Waals surface area (Å²) in [6, 6.07) is 3.79. The molecule has 3 aromatic heterocycles. The number of nitrogens with zero attached hydrogens (tertiary/aromatic N) is 4. The number of aromatic nitrogens is 4. The summed E-state index contributed by atoms with van der Waals surface area (Å²) in [5.41, 5.74) is 2.08. The van der Waals surface area contributed by atoms with Crippen LogP contribution in [0.3, 0.4) is 0 Å². The summed E-state index contributed by atoms with van der Waals surface area (Å²) in [5.74, 6) is -0.103. The van der Waals surface area contributed by atoms with Gasteiger partial charge in [0.15, 0.2) is 0 Å². The van der Waals surface area contributed by atoms with Gasteiger partial charge in [0.2, 0.25) is 0 Å². The lowest BCUT2D eigenvalue weighted by atomic mass is 10.3. The van der Waals surface area contributed by atoms with Gasteiger partial charge in [-0.3, -0.25) is 9.20 Å². The molecular weight excluding hydrogens is 346 g/mol. The van der Waals surface area contributed by atoms with E-state index in [0.29, 0.717) is 12.2 Å². The van der Waals surface area contributed by atoms with Crippen LogP contribution in [0.15, 0.2) is 41.5 Å². The maximum absolute atomic E-state index is 12.4. The second kappa shape index (κ2) is 6.31. The first-order valence-corrected chi connectivity index (χ1v) is 7.82. The van der Waals surface area contributed by atoms with Crippen LogP contribution in [-0.2, 0) is 6.54 Å². The van der Waals surface area contributed by atoms with Gasteiger partial charge < -0.3 is 9.88 Å². The van der Waals surface area contributed by atoms with Crippen LogP contribution < -0.4 is 5.32 Å². The van der Waals surface area contributed by atoms with Crippen LogP contribution in [0.1, 0.15) is 22.6 Å². The Morgan fingerprint density at radius 3 is 3.05 bits per heavy atom. The molecule has 0 aliphatic heterocycles. The highest BCUT2D eigenvalue weighted by atomic mass is 79.9. The summed E-state index contributed by atoms with van der Waals surface area (Å²) < 4.78 is 4.71. The number of hydrogen-bond donors (Lipinski definition) is 1. The molecule has 0 aromatic carbocycles. The first-order valence-electron chi connectivity index (χ1n) is 7.03. The number of carbonyl (C=O) groups is 1.